The van der Waals surface area contributed by atoms with Gasteiger partial charge in [0.05, 0.1) is 11.5 Å². The molecule has 1 aromatic rings. The number of methoxy groups -OCH3 is 1. The highest BCUT2D eigenvalue weighted by Gasteiger charge is 2.17. The molecule has 0 unspecified atom stereocenters. The molecule has 114 valence electrons. The highest BCUT2D eigenvalue weighted by molar-refractivity contribution is 7.14. The number of nitrogen functional groups attached to an aromatic ring is 1. The van der Waals surface area contributed by atoms with Gasteiger partial charge >= 0.3 is 0 Å². The number of ether oxygens (including phenoxy) is 1. The smallest absolute Gasteiger partial charge is 0.275 e. The summed E-state index contributed by atoms with van der Waals surface area (Å²) in [5.41, 5.74) is 2.17. The van der Waals surface area contributed by atoms with Crippen LogP contribution in [0.4, 0.5) is 0 Å². The number of carbonyl (C=O) groups excluding carboxylic acids is 1. The molecule has 0 aromatic carbocycles. The zero-order valence-electron chi connectivity index (χ0n) is 12.5. The van der Waals surface area contributed by atoms with Gasteiger partial charge in [-0.2, -0.15) is 0 Å². The Kier molecular flexibility index (Phi) is 7.76. The van der Waals surface area contributed by atoms with E-state index in [-0.39, 0.29) is 5.91 Å². The van der Waals surface area contributed by atoms with E-state index in [0.717, 1.165) is 32.5 Å². The summed E-state index contributed by atoms with van der Waals surface area (Å²) in [5.74, 6) is 4.92. The average molecular weight is 299 g/mol. The molecular formula is C14H25N3O2S. The second-order valence-electron chi connectivity index (χ2n) is 4.67. The van der Waals surface area contributed by atoms with E-state index >= 15 is 0 Å². The van der Waals surface area contributed by atoms with Gasteiger partial charge < -0.3 is 4.74 Å². The van der Waals surface area contributed by atoms with Crippen molar-refractivity contribution >= 4 is 17.2 Å². The van der Waals surface area contributed by atoms with E-state index in [2.05, 4.69) is 24.2 Å². The van der Waals surface area contributed by atoms with E-state index < -0.39 is 0 Å². The van der Waals surface area contributed by atoms with Gasteiger partial charge in [-0.25, -0.2) is 5.84 Å². The van der Waals surface area contributed by atoms with Crippen LogP contribution in [0.2, 0.25) is 0 Å². The van der Waals surface area contributed by atoms with Crippen LogP contribution in [0.25, 0.3) is 0 Å². The van der Waals surface area contributed by atoms with Crippen LogP contribution in [-0.2, 0) is 11.3 Å². The van der Waals surface area contributed by atoms with E-state index in [0.29, 0.717) is 10.9 Å². The third-order valence-electron chi connectivity index (χ3n) is 3.42. The van der Waals surface area contributed by atoms with Gasteiger partial charge in [0.15, 0.2) is 0 Å². The Morgan fingerprint density at radius 2 is 2.15 bits per heavy atom. The minimum atomic E-state index is -0.229. The SMILES string of the molecule is CCC(CC)N(CCOC)Cc1ccc(C(=O)NN)s1. The molecule has 6 heteroatoms. The summed E-state index contributed by atoms with van der Waals surface area (Å²) in [4.78, 5) is 15.7. The molecule has 0 aliphatic heterocycles. The number of hydrogen-bond acceptors (Lipinski definition) is 5. The zero-order chi connectivity index (χ0) is 15.0. The van der Waals surface area contributed by atoms with Crippen LogP contribution in [0.3, 0.4) is 0 Å². The van der Waals surface area contributed by atoms with Crippen molar-refractivity contribution in [1.82, 2.24) is 10.3 Å². The Hall–Kier alpha value is -0.950. The number of amides is 1. The van der Waals surface area contributed by atoms with Gasteiger partial charge in [0.1, 0.15) is 0 Å². The summed E-state index contributed by atoms with van der Waals surface area (Å²) < 4.78 is 5.19. The third kappa shape index (κ3) is 4.86. The van der Waals surface area contributed by atoms with Crippen LogP contribution in [-0.4, -0.2) is 37.1 Å². The lowest BCUT2D eigenvalue weighted by Gasteiger charge is -2.29. The molecule has 1 heterocycles. The molecule has 0 bridgehead atoms. The Labute approximate surface area is 125 Å². The molecule has 0 saturated heterocycles. The fourth-order valence-corrected chi connectivity index (χ4v) is 3.20. The predicted octanol–water partition coefficient (Wildman–Crippen LogP) is 1.99. The molecule has 0 spiro atoms. The maximum atomic E-state index is 11.5. The summed E-state index contributed by atoms with van der Waals surface area (Å²) in [6.07, 6.45) is 2.23. The highest BCUT2D eigenvalue weighted by Crippen LogP contribution is 2.20. The van der Waals surface area contributed by atoms with Crippen LogP contribution in [0.1, 0.15) is 41.2 Å². The molecule has 0 aliphatic rings. The Morgan fingerprint density at radius 3 is 2.70 bits per heavy atom. The molecule has 0 atom stereocenters. The first-order valence-electron chi connectivity index (χ1n) is 6.98. The molecule has 1 aromatic heterocycles. The van der Waals surface area contributed by atoms with Gasteiger partial charge in [-0.3, -0.25) is 15.1 Å². The second-order valence-corrected chi connectivity index (χ2v) is 5.84. The van der Waals surface area contributed by atoms with Crippen molar-refractivity contribution in [2.45, 2.75) is 39.3 Å². The number of carbonyl (C=O) groups is 1. The van der Waals surface area contributed by atoms with Crippen LogP contribution in [0.5, 0.6) is 0 Å². The minimum absolute atomic E-state index is 0.229. The molecule has 20 heavy (non-hydrogen) atoms. The molecule has 0 saturated carbocycles. The summed E-state index contributed by atoms with van der Waals surface area (Å²) >= 11 is 1.49. The van der Waals surface area contributed by atoms with Crippen molar-refractivity contribution in [3.63, 3.8) is 0 Å². The van der Waals surface area contributed by atoms with Crippen LogP contribution in [0, 0.1) is 0 Å². The van der Waals surface area contributed by atoms with E-state index in [1.54, 1.807) is 7.11 Å². The predicted molar refractivity (Wildman–Crippen MR) is 82.6 cm³/mol. The first-order valence-corrected chi connectivity index (χ1v) is 7.80. The van der Waals surface area contributed by atoms with E-state index in [4.69, 9.17) is 10.6 Å². The molecule has 3 N–H and O–H groups in total. The summed E-state index contributed by atoms with van der Waals surface area (Å²) in [6.45, 7) is 6.88. The normalized spacial score (nSPS) is 11.3. The first-order chi connectivity index (χ1) is 9.65. The van der Waals surface area contributed by atoms with Crippen molar-refractivity contribution in [2.75, 3.05) is 20.3 Å². The number of thiophene rings is 1. The fraction of sp³-hybridized carbons (Fsp3) is 0.643. The van der Waals surface area contributed by atoms with Gasteiger partial charge in [-0.15, -0.1) is 11.3 Å². The van der Waals surface area contributed by atoms with E-state index in [1.165, 1.54) is 16.2 Å². The molecule has 0 aliphatic carbocycles. The lowest BCUT2D eigenvalue weighted by atomic mass is 10.1. The number of nitrogens with one attached hydrogen (secondary N) is 1. The molecule has 0 fully saturated rings. The van der Waals surface area contributed by atoms with Gasteiger partial charge in [0.2, 0.25) is 0 Å². The lowest BCUT2D eigenvalue weighted by Crippen LogP contribution is -2.36. The van der Waals surface area contributed by atoms with Crippen LogP contribution in [0.15, 0.2) is 12.1 Å². The summed E-state index contributed by atoms with van der Waals surface area (Å²) in [7, 11) is 1.72. The van der Waals surface area contributed by atoms with Crippen LogP contribution < -0.4 is 11.3 Å². The Bertz CT molecular complexity index is 405. The Balaban J connectivity index is 2.72. The van der Waals surface area contributed by atoms with Gasteiger partial charge in [0.25, 0.3) is 5.91 Å². The van der Waals surface area contributed by atoms with Crippen molar-refractivity contribution in [3.8, 4) is 0 Å². The van der Waals surface area contributed by atoms with E-state index in [9.17, 15) is 4.79 Å². The van der Waals surface area contributed by atoms with Gasteiger partial charge in [0, 0.05) is 31.1 Å². The maximum absolute atomic E-state index is 11.5. The van der Waals surface area contributed by atoms with Crippen molar-refractivity contribution < 1.29 is 9.53 Å². The number of hydrazine groups is 1. The maximum Gasteiger partial charge on any atom is 0.275 e. The fourth-order valence-electron chi connectivity index (χ4n) is 2.26. The number of nitrogens with zero attached hydrogens (tertiary/aromatic N) is 1. The standard InChI is InChI=1S/C14H25N3O2S/c1-4-11(5-2)17(8-9-19-3)10-12-6-7-13(20-12)14(18)16-15/h6-7,11H,4-5,8-10,15H2,1-3H3,(H,16,18). The van der Waals surface area contributed by atoms with Gasteiger partial charge in [-0.05, 0) is 25.0 Å². The molecule has 1 rings (SSSR count). The molecule has 0 radical (unpaired) electrons. The van der Waals surface area contributed by atoms with Crippen molar-refractivity contribution in [1.29, 1.82) is 0 Å². The second kappa shape index (κ2) is 9.07. The zero-order valence-corrected chi connectivity index (χ0v) is 13.3. The van der Waals surface area contributed by atoms with Crippen molar-refractivity contribution in [3.05, 3.63) is 21.9 Å². The highest BCUT2D eigenvalue weighted by atomic mass is 32.1. The summed E-state index contributed by atoms with van der Waals surface area (Å²) in [5, 5.41) is 0. The largest absolute Gasteiger partial charge is 0.383 e. The topological polar surface area (TPSA) is 67.6 Å². The van der Waals surface area contributed by atoms with Gasteiger partial charge in [-0.1, -0.05) is 13.8 Å². The quantitative estimate of drug-likeness (QED) is 0.416. The number of hydrogen-bond donors (Lipinski definition) is 2. The summed E-state index contributed by atoms with van der Waals surface area (Å²) in [6, 6.07) is 4.36. The third-order valence-corrected chi connectivity index (χ3v) is 4.49. The first kappa shape index (κ1) is 17.1. The number of nitrogens with two attached hydrogens (primary N) is 1. The van der Waals surface area contributed by atoms with Crippen molar-refractivity contribution in [2.24, 2.45) is 5.84 Å². The average Bonchev–Trinajstić information content (AvgIpc) is 2.93. The molecule has 1 amide bonds. The monoisotopic (exact) mass is 299 g/mol. The lowest BCUT2D eigenvalue weighted by molar-refractivity contribution is 0.0957. The molecule has 5 nitrogen and oxygen atoms in total. The molecular weight excluding hydrogens is 274 g/mol. The van der Waals surface area contributed by atoms with E-state index in [1.807, 2.05) is 12.1 Å². The Morgan fingerprint density at radius 1 is 1.45 bits per heavy atom. The van der Waals surface area contributed by atoms with Crippen LogP contribution >= 0.6 is 11.3 Å². The number of rotatable bonds is 9. The minimum Gasteiger partial charge on any atom is -0.383 e.